The Hall–Kier alpha value is -0.0300. The summed E-state index contributed by atoms with van der Waals surface area (Å²) in [5, 5.41) is 4.50. The van der Waals surface area contributed by atoms with E-state index in [4.69, 9.17) is 27.7 Å². The van der Waals surface area contributed by atoms with Crippen LogP contribution in [0.4, 0.5) is 0 Å². The monoisotopic (exact) mass is 311 g/mol. The van der Waals surface area contributed by atoms with Crippen LogP contribution in [0.1, 0.15) is 5.69 Å². The first-order valence-electron chi connectivity index (χ1n) is 3.67. The van der Waals surface area contributed by atoms with Gasteiger partial charge in [0.15, 0.2) is 5.76 Å². The highest BCUT2D eigenvalue weighted by Gasteiger charge is 2.13. The number of aromatic nitrogens is 1. The maximum Gasteiger partial charge on any atom is 0.169 e. The van der Waals surface area contributed by atoms with E-state index in [2.05, 4.69) is 21.1 Å². The van der Waals surface area contributed by atoms with E-state index in [0.717, 1.165) is 11.3 Å². The normalized spacial score (nSPS) is 10.8. The SMILES string of the molecule is Clc1cc(-c2cc(CBr)no2)c(Cl)s1. The fraction of sp³-hybridized carbons (Fsp3) is 0.125. The van der Waals surface area contributed by atoms with Gasteiger partial charge in [0.25, 0.3) is 0 Å². The Labute approximate surface area is 103 Å². The van der Waals surface area contributed by atoms with E-state index in [-0.39, 0.29) is 0 Å². The maximum atomic E-state index is 5.97. The fourth-order valence-electron chi connectivity index (χ4n) is 1.01. The standard InChI is InChI=1S/C8H4BrCl2NOS/c9-3-4-1-6(13-12-4)5-2-7(10)14-8(5)11/h1-2H,3H2. The van der Waals surface area contributed by atoms with E-state index < -0.39 is 0 Å². The van der Waals surface area contributed by atoms with Crippen LogP contribution in [0, 0.1) is 0 Å². The van der Waals surface area contributed by atoms with Crippen LogP contribution in [-0.2, 0) is 5.33 Å². The molecule has 14 heavy (non-hydrogen) atoms. The number of alkyl halides is 1. The molecular weight excluding hydrogens is 309 g/mol. The molecule has 0 saturated heterocycles. The minimum atomic E-state index is 0.618. The van der Waals surface area contributed by atoms with Crippen LogP contribution >= 0.6 is 50.5 Å². The van der Waals surface area contributed by atoms with Crippen molar-refractivity contribution in [1.29, 1.82) is 0 Å². The highest BCUT2D eigenvalue weighted by atomic mass is 79.9. The molecule has 0 fully saturated rings. The zero-order valence-corrected chi connectivity index (χ0v) is 10.7. The summed E-state index contributed by atoms with van der Waals surface area (Å²) in [5.74, 6) is 0.646. The van der Waals surface area contributed by atoms with E-state index in [1.807, 2.05) is 6.07 Å². The minimum Gasteiger partial charge on any atom is -0.356 e. The zero-order chi connectivity index (χ0) is 10.1. The summed E-state index contributed by atoms with van der Waals surface area (Å²) in [6, 6.07) is 3.60. The molecule has 6 heteroatoms. The molecule has 2 aromatic rings. The largest absolute Gasteiger partial charge is 0.356 e. The Morgan fingerprint density at radius 1 is 1.43 bits per heavy atom. The van der Waals surface area contributed by atoms with Gasteiger partial charge in [0, 0.05) is 11.4 Å². The van der Waals surface area contributed by atoms with Gasteiger partial charge in [-0.25, -0.2) is 0 Å². The number of hydrogen-bond acceptors (Lipinski definition) is 3. The van der Waals surface area contributed by atoms with Crippen LogP contribution in [0.15, 0.2) is 16.7 Å². The summed E-state index contributed by atoms with van der Waals surface area (Å²) in [7, 11) is 0. The second-order valence-corrected chi connectivity index (χ2v) is 5.40. The molecule has 0 atom stereocenters. The third kappa shape index (κ3) is 1.98. The summed E-state index contributed by atoms with van der Waals surface area (Å²) in [6.45, 7) is 0. The van der Waals surface area contributed by atoms with E-state index in [1.165, 1.54) is 11.3 Å². The Bertz CT molecular complexity index is 454. The first kappa shape index (κ1) is 10.5. The van der Waals surface area contributed by atoms with Crippen LogP contribution in [-0.4, -0.2) is 5.16 Å². The second-order valence-electron chi connectivity index (χ2n) is 2.55. The number of rotatable bonds is 2. The lowest BCUT2D eigenvalue weighted by Crippen LogP contribution is -1.70. The second kappa shape index (κ2) is 4.23. The van der Waals surface area contributed by atoms with Crippen molar-refractivity contribution in [3.05, 3.63) is 26.5 Å². The predicted molar refractivity (Wildman–Crippen MR) is 62.5 cm³/mol. The average molecular weight is 313 g/mol. The smallest absolute Gasteiger partial charge is 0.169 e. The average Bonchev–Trinajstić information content (AvgIpc) is 2.71. The molecular formula is C8H4BrCl2NOS. The third-order valence-corrected chi connectivity index (χ3v) is 3.68. The molecule has 0 aliphatic rings. The van der Waals surface area contributed by atoms with E-state index in [9.17, 15) is 0 Å². The first-order valence-corrected chi connectivity index (χ1v) is 6.37. The van der Waals surface area contributed by atoms with Crippen LogP contribution < -0.4 is 0 Å². The van der Waals surface area contributed by atoms with Crippen molar-refractivity contribution in [2.24, 2.45) is 0 Å². The summed E-state index contributed by atoms with van der Waals surface area (Å²) >= 11 is 16.4. The van der Waals surface area contributed by atoms with Crippen molar-refractivity contribution in [1.82, 2.24) is 5.16 Å². The molecule has 0 aromatic carbocycles. The number of halogens is 3. The molecule has 0 saturated carbocycles. The molecule has 2 heterocycles. The zero-order valence-electron chi connectivity index (χ0n) is 6.76. The van der Waals surface area contributed by atoms with E-state index in [0.29, 0.717) is 19.8 Å². The summed E-state index contributed by atoms with van der Waals surface area (Å²) < 4.78 is 6.38. The van der Waals surface area contributed by atoms with Crippen molar-refractivity contribution >= 4 is 50.5 Å². The van der Waals surface area contributed by atoms with E-state index >= 15 is 0 Å². The van der Waals surface area contributed by atoms with Crippen molar-refractivity contribution in [3.8, 4) is 11.3 Å². The Morgan fingerprint density at radius 2 is 2.21 bits per heavy atom. The highest BCUT2D eigenvalue weighted by Crippen LogP contribution is 2.38. The van der Waals surface area contributed by atoms with Gasteiger partial charge in [0.05, 0.1) is 15.6 Å². The van der Waals surface area contributed by atoms with Gasteiger partial charge in [-0.1, -0.05) is 44.3 Å². The molecule has 0 unspecified atom stereocenters. The lowest BCUT2D eigenvalue weighted by atomic mass is 10.2. The topological polar surface area (TPSA) is 26.0 Å². The summed E-state index contributed by atoms with van der Waals surface area (Å²) in [4.78, 5) is 0. The highest BCUT2D eigenvalue weighted by molar-refractivity contribution is 9.08. The van der Waals surface area contributed by atoms with Gasteiger partial charge in [0.2, 0.25) is 0 Å². The van der Waals surface area contributed by atoms with Gasteiger partial charge >= 0.3 is 0 Å². The first-order chi connectivity index (χ1) is 6.70. The predicted octanol–water partition coefficient (Wildman–Crippen LogP) is 4.60. The van der Waals surface area contributed by atoms with Crippen LogP contribution in [0.25, 0.3) is 11.3 Å². The quantitative estimate of drug-likeness (QED) is 0.757. The van der Waals surface area contributed by atoms with Crippen LogP contribution in [0.2, 0.25) is 8.67 Å². The van der Waals surface area contributed by atoms with Crippen molar-refractivity contribution in [2.75, 3.05) is 0 Å². The molecule has 0 amide bonds. The molecule has 2 nitrogen and oxygen atoms in total. The molecule has 0 radical (unpaired) electrons. The van der Waals surface area contributed by atoms with E-state index in [1.54, 1.807) is 6.07 Å². The van der Waals surface area contributed by atoms with Gasteiger partial charge in [-0.3, -0.25) is 0 Å². The number of hydrogen-bond donors (Lipinski definition) is 0. The molecule has 2 rings (SSSR count). The maximum absolute atomic E-state index is 5.97. The van der Waals surface area contributed by atoms with Gasteiger partial charge < -0.3 is 4.52 Å². The van der Waals surface area contributed by atoms with Gasteiger partial charge in [-0.05, 0) is 6.07 Å². The lowest BCUT2D eigenvalue weighted by molar-refractivity contribution is 0.427. The number of nitrogens with zero attached hydrogens (tertiary/aromatic N) is 1. The Balaban J connectivity index is 2.43. The lowest BCUT2D eigenvalue weighted by Gasteiger charge is -1.87. The van der Waals surface area contributed by atoms with Crippen molar-refractivity contribution < 1.29 is 4.52 Å². The molecule has 74 valence electrons. The minimum absolute atomic E-state index is 0.618. The van der Waals surface area contributed by atoms with Crippen LogP contribution in [0.3, 0.4) is 0 Å². The third-order valence-electron chi connectivity index (χ3n) is 1.62. The van der Waals surface area contributed by atoms with Gasteiger partial charge in [-0.15, -0.1) is 11.3 Å². The summed E-state index contributed by atoms with van der Waals surface area (Å²) in [6.07, 6.45) is 0. The summed E-state index contributed by atoms with van der Waals surface area (Å²) in [5.41, 5.74) is 1.62. The Morgan fingerprint density at radius 3 is 2.71 bits per heavy atom. The number of thiophene rings is 1. The molecule has 0 bridgehead atoms. The van der Waals surface area contributed by atoms with Gasteiger partial charge in [-0.2, -0.15) is 0 Å². The molecule has 0 spiro atoms. The molecule has 0 N–H and O–H groups in total. The fourth-order valence-corrected chi connectivity index (χ4v) is 2.75. The molecule has 2 aromatic heterocycles. The molecule has 0 aliphatic carbocycles. The van der Waals surface area contributed by atoms with Gasteiger partial charge in [0.1, 0.15) is 4.34 Å². The van der Waals surface area contributed by atoms with Crippen LogP contribution in [0.5, 0.6) is 0 Å². The van der Waals surface area contributed by atoms with Crippen molar-refractivity contribution in [2.45, 2.75) is 5.33 Å². The Kier molecular flexibility index (Phi) is 3.17. The molecule has 0 aliphatic heterocycles. The van der Waals surface area contributed by atoms with Crippen molar-refractivity contribution in [3.63, 3.8) is 0 Å².